The first-order valence-electron chi connectivity index (χ1n) is 4.60. The summed E-state index contributed by atoms with van der Waals surface area (Å²) in [5.41, 5.74) is 0.854. The SMILES string of the molecule is OCC#Cc1cccc2cccc(Cl)c12. The third-order valence-corrected chi connectivity index (χ3v) is 2.47. The van der Waals surface area contributed by atoms with E-state index in [9.17, 15) is 0 Å². The molecule has 0 aliphatic rings. The molecule has 2 heteroatoms. The summed E-state index contributed by atoms with van der Waals surface area (Å²) >= 11 is 6.11. The van der Waals surface area contributed by atoms with Gasteiger partial charge < -0.3 is 5.11 Å². The molecule has 2 rings (SSSR count). The lowest BCUT2D eigenvalue weighted by molar-refractivity contribution is 0.350. The standard InChI is InChI=1S/C13H9ClO/c14-12-8-2-6-10-4-1-5-11(13(10)12)7-3-9-15/h1-2,4-6,8,15H,9H2. The van der Waals surface area contributed by atoms with Gasteiger partial charge in [-0.15, -0.1) is 0 Å². The molecular weight excluding hydrogens is 208 g/mol. The fraction of sp³-hybridized carbons (Fsp3) is 0.0769. The van der Waals surface area contributed by atoms with Crippen molar-refractivity contribution in [3.8, 4) is 11.8 Å². The number of fused-ring (bicyclic) bond motifs is 1. The van der Waals surface area contributed by atoms with Gasteiger partial charge in [-0.2, -0.15) is 0 Å². The lowest BCUT2D eigenvalue weighted by Crippen LogP contribution is -1.81. The first kappa shape index (κ1) is 10.0. The number of benzene rings is 2. The van der Waals surface area contributed by atoms with Crippen LogP contribution < -0.4 is 0 Å². The number of hydrogen-bond acceptors (Lipinski definition) is 1. The highest BCUT2D eigenvalue weighted by Crippen LogP contribution is 2.26. The molecular formula is C13H9ClO. The zero-order valence-electron chi connectivity index (χ0n) is 8.00. The molecule has 0 bridgehead atoms. The molecule has 2 aromatic carbocycles. The second kappa shape index (κ2) is 4.35. The lowest BCUT2D eigenvalue weighted by Gasteiger charge is -2.02. The Morgan fingerprint density at radius 1 is 1.13 bits per heavy atom. The number of aliphatic hydroxyl groups is 1. The Balaban J connectivity index is 2.74. The minimum Gasteiger partial charge on any atom is -0.384 e. The smallest absolute Gasteiger partial charge is 0.104 e. The largest absolute Gasteiger partial charge is 0.384 e. The number of rotatable bonds is 0. The van der Waals surface area contributed by atoms with Crippen molar-refractivity contribution in [1.29, 1.82) is 0 Å². The van der Waals surface area contributed by atoms with Gasteiger partial charge in [-0.3, -0.25) is 0 Å². The predicted octanol–water partition coefficient (Wildman–Crippen LogP) is 2.84. The summed E-state index contributed by atoms with van der Waals surface area (Å²) in [6.45, 7) is -0.138. The third-order valence-electron chi connectivity index (χ3n) is 2.16. The van der Waals surface area contributed by atoms with Crippen molar-refractivity contribution in [2.24, 2.45) is 0 Å². The van der Waals surface area contributed by atoms with Crippen LogP contribution in [-0.4, -0.2) is 11.7 Å². The van der Waals surface area contributed by atoms with Gasteiger partial charge in [0.15, 0.2) is 0 Å². The van der Waals surface area contributed by atoms with E-state index >= 15 is 0 Å². The van der Waals surface area contributed by atoms with E-state index < -0.39 is 0 Å². The quantitative estimate of drug-likeness (QED) is 0.672. The molecule has 0 saturated carbocycles. The molecule has 0 spiro atoms. The molecule has 0 heterocycles. The summed E-state index contributed by atoms with van der Waals surface area (Å²) in [6, 6.07) is 11.6. The van der Waals surface area contributed by atoms with Crippen LogP contribution in [0.4, 0.5) is 0 Å². The Kier molecular flexibility index (Phi) is 2.91. The van der Waals surface area contributed by atoms with E-state index in [1.165, 1.54) is 0 Å². The molecule has 0 unspecified atom stereocenters. The lowest BCUT2D eigenvalue weighted by atomic mass is 10.1. The minimum absolute atomic E-state index is 0.138. The van der Waals surface area contributed by atoms with Crippen LogP contribution in [0.25, 0.3) is 10.8 Å². The molecule has 0 aliphatic carbocycles. The van der Waals surface area contributed by atoms with E-state index in [0.29, 0.717) is 5.02 Å². The van der Waals surface area contributed by atoms with Crippen LogP contribution in [-0.2, 0) is 0 Å². The van der Waals surface area contributed by atoms with E-state index in [-0.39, 0.29) is 6.61 Å². The maximum absolute atomic E-state index is 8.66. The summed E-state index contributed by atoms with van der Waals surface area (Å²) in [5, 5.41) is 11.4. The summed E-state index contributed by atoms with van der Waals surface area (Å²) < 4.78 is 0. The van der Waals surface area contributed by atoms with Crippen LogP contribution in [0.2, 0.25) is 5.02 Å². The Morgan fingerprint density at radius 3 is 2.60 bits per heavy atom. The van der Waals surface area contributed by atoms with Gasteiger partial charge in [0.1, 0.15) is 6.61 Å². The Hall–Kier alpha value is -1.49. The van der Waals surface area contributed by atoms with Crippen LogP contribution in [0, 0.1) is 11.8 Å². The molecule has 0 saturated heterocycles. The van der Waals surface area contributed by atoms with Crippen LogP contribution in [0.5, 0.6) is 0 Å². The average Bonchev–Trinajstić information content (AvgIpc) is 2.26. The van der Waals surface area contributed by atoms with Gasteiger partial charge in [-0.05, 0) is 17.5 Å². The fourth-order valence-electron chi connectivity index (χ4n) is 1.53. The van der Waals surface area contributed by atoms with Gasteiger partial charge in [-0.1, -0.05) is 47.7 Å². The summed E-state index contributed by atoms with van der Waals surface area (Å²) in [4.78, 5) is 0. The van der Waals surface area contributed by atoms with E-state index in [1.54, 1.807) is 0 Å². The van der Waals surface area contributed by atoms with Gasteiger partial charge in [0.25, 0.3) is 0 Å². The van der Waals surface area contributed by atoms with Gasteiger partial charge in [0.2, 0.25) is 0 Å². The Bertz CT molecular complexity index is 544. The highest BCUT2D eigenvalue weighted by Gasteiger charge is 2.01. The fourth-order valence-corrected chi connectivity index (χ4v) is 1.82. The molecule has 0 aromatic heterocycles. The van der Waals surface area contributed by atoms with Crippen molar-refractivity contribution in [3.63, 3.8) is 0 Å². The highest BCUT2D eigenvalue weighted by atomic mass is 35.5. The van der Waals surface area contributed by atoms with Crippen molar-refractivity contribution in [1.82, 2.24) is 0 Å². The van der Waals surface area contributed by atoms with Gasteiger partial charge in [0.05, 0.1) is 0 Å². The third kappa shape index (κ3) is 1.97. The molecule has 0 amide bonds. The summed E-state index contributed by atoms with van der Waals surface area (Å²) in [5.74, 6) is 5.52. The molecule has 1 N–H and O–H groups in total. The van der Waals surface area contributed by atoms with Crippen molar-refractivity contribution >= 4 is 22.4 Å². The number of hydrogen-bond donors (Lipinski definition) is 1. The zero-order chi connectivity index (χ0) is 10.7. The van der Waals surface area contributed by atoms with Gasteiger partial charge in [-0.25, -0.2) is 0 Å². The van der Waals surface area contributed by atoms with Crippen molar-refractivity contribution in [3.05, 3.63) is 47.0 Å². The minimum atomic E-state index is -0.138. The summed E-state index contributed by atoms with van der Waals surface area (Å²) in [7, 11) is 0. The molecule has 0 aliphatic heterocycles. The van der Waals surface area contributed by atoms with Gasteiger partial charge in [0, 0.05) is 16.0 Å². The molecule has 1 nitrogen and oxygen atoms in total. The van der Waals surface area contributed by atoms with Crippen molar-refractivity contribution in [2.75, 3.05) is 6.61 Å². The maximum Gasteiger partial charge on any atom is 0.104 e. The second-order valence-corrected chi connectivity index (χ2v) is 3.51. The number of aliphatic hydroxyl groups excluding tert-OH is 1. The first-order valence-corrected chi connectivity index (χ1v) is 4.97. The molecule has 2 aromatic rings. The van der Waals surface area contributed by atoms with Crippen LogP contribution in [0.15, 0.2) is 36.4 Å². The van der Waals surface area contributed by atoms with Crippen LogP contribution in [0.1, 0.15) is 5.56 Å². The second-order valence-electron chi connectivity index (χ2n) is 3.10. The predicted molar refractivity (Wildman–Crippen MR) is 62.9 cm³/mol. The Morgan fingerprint density at radius 2 is 1.87 bits per heavy atom. The molecule has 0 fully saturated rings. The van der Waals surface area contributed by atoms with Crippen LogP contribution in [0.3, 0.4) is 0 Å². The number of halogens is 1. The van der Waals surface area contributed by atoms with E-state index in [4.69, 9.17) is 16.7 Å². The molecule has 0 radical (unpaired) electrons. The Labute approximate surface area is 93.3 Å². The van der Waals surface area contributed by atoms with E-state index in [0.717, 1.165) is 16.3 Å². The highest BCUT2D eigenvalue weighted by molar-refractivity contribution is 6.36. The van der Waals surface area contributed by atoms with E-state index in [1.807, 2.05) is 36.4 Å². The first-order chi connectivity index (χ1) is 7.33. The average molecular weight is 217 g/mol. The molecule has 74 valence electrons. The monoisotopic (exact) mass is 216 g/mol. The topological polar surface area (TPSA) is 20.2 Å². The van der Waals surface area contributed by atoms with Crippen LogP contribution >= 0.6 is 11.6 Å². The summed E-state index contributed by atoms with van der Waals surface area (Å²) in [6.07, 6.45) is 0. The van der Waals surface area contributed by atoms with Crippen molar-refractivity contribution in [2.45, 2.75) is 0 Å². The van der Waals surface area contributed by atoms with Gasteiger partial charge >= 0.3 is 0 Å². The molecule has 15 heavy (non-hydrogen) atoms. The van der Waals surface area contributed by atoms with E-state index in [2.05, 4.69) is 11.8 Å². The molecule has 0 atom stereocenters. The maximum atomic E-state index is 8.66. The zero-order valence-corrected chi connectivity index (χ0v) is 8.75. The normalized spacial score (nSPS) is 9.73. The van der Waals surface area contributed by atoms with Crippen molar-refractivity contribution < 1.29 is 5.11 Å².